The molecule has 3 aromatic heterocycles. The summed E-state index contributed by atoms with van der Waals surface area (Å²) in [6.07, 6.45) is 4.78. The van der Waals surface area contributed by atoms with Crippen molar-refractivity contribution in [2.24, 2.45) is 0 Å². The van der Waals surface area contributed by atoms with Crippen molar-refractivity contribution in [3.05, 3.63) is 77.6 Å². The molecule has 0 atom stereocenters. The fraction of sp³-hybridized carbons (Fsp3) is 0.227. The molecule has 0 fully saturated rings. The topological polar surface area (TPSA) is 89.9 Å². The number of hydrogen-bond acceptors (Lipinski definition) is 6. The van der Waals surface area contributed by atoms with Crippen molar-refractivity contribution in [3.8, 4) is 17.1 Å². The molecule has 4 rings (SSSR count). The number of carbonyl (C=O) groups is 1. The molecule has 9 heteroatoms. The highest BCUT2D eigenvalue weighted by Crippen LogP contribution is 2.20. The first-order valence-corrected chi connectivity index (χ1v) is 9.89. The molecule has 158 valence electrons. The van der Waals surface area contributed by atoms with E-state index in [1.165, 1.54) is 16.9 Å². The van der Waals surface area contributed by atoms with E-state index in [-0.39, 0.29) is 5.91 Å². The van der Waals surface area contributed by atoms with E-state index in [1.54, 1.807) is 23.4 Å². The Kier molecular flexibility index (Phi) is 5.83. The maximum absolute atomic E-state index is 13.3. The van der Waals surface area contributed by atoms with Crippen molar-refractivity contribution in [1.29, 1.82) is 0 Å². The third-order valence-corrected chi connectivity index (χ3v) is 4.86. The summed E-state index contributed by atoms with van der Waals surface area (Å²) in [5.74, 6) is -0.0704. The predicted octanol–water partition coefficient (Wildman–Crippen LogP) is 3.47. The molecule has 0 N–H and O–H groups in total. The predicted molar refractivity (Wildman–Crippen MR) is 111 cm³/mol. The minimum atomic E-state index is -0.415. The number of pyridine rings is 1. The summed E-state index contributed by atoms with van der Waals surface area (Å²) in [5.41, 5.74) is 3.33. The molecule has 1 amide bonds. The van der Waals surface area contributed by atoms with Crippen molar-refractivity contribution in [1.82, 2.24) is 30.0 Å². The Morgan fingerprint density at radius 1 is 1.16 bits per heavy atom. The van der Waals surface area contributed by atoms with Crippen LogP contribution in [0.15, 0.2) is 59.5 Å². The zero-order valence-electron chi connectivity index (χ0n) is 17.2. The molecule has 0 saturated carbocycles. The summed E-state index contributed by atoms with van der Waals surface area (Å²) in [6.45, 7) is 4.85. The Bertz CT molecular complexity index is 1170. The van der Waals surface area contributed by atoms with E-state index in [2.05, 4.69) is 20.3 Å². The first kappa shape index (κ1) is 20.4. The van der Waals surface area contributed by atoms with Crippen LogP contribution in [-0.2, 0) is 6.42 Å². The average molecular weight is 420 g/mol. The lowest BCUT2D eigenvalue weighted by molar-refractivity contribution is 0.0765. The zero-order valence-corrected chi connectivity index (χ0v) is 17.2. The lowest BCUT2D eigenvalue weighted by Crippen LogP contribution is -2.33. The summed E-state index contributed by atoms with van der Waals surface area (Å²) in [5, 5.41) is 12.4. The third-order valence-electron chi connectivity index (χ3n) is 4.86. The van der Waals surface area contributed by atoms with Crippen molar-refractivity contribution < 1.29 is 13.7 Å². The van der Waals surface area contributed by atoms with E-state index in [1.807, 2.05) is 32.0 Å². The second-order valence-corrected chi connectivity index (χ2v) is 7.02. The van der Waals surface area contributed by atoms with Gasteiger partial charge in [-0.3, -0.25) is 4.79 Å². The van der Waals surface area contributed by atoms with Crippen LogP contribution in [0.1, 0.15) is 28.5 Å². The van der Waals surface area contributed by atoms with E-state index < -0.39 is 5.82 Å². The summed E-state index contributed by atoms with van der Waals surface area (Å²) >= 11 is 0. The van der Waals surface area contributed by atoms with Crippen molar-refractivity contribution in [3.63, 3.8) is 0 Å². The molecule has 8 nitrogen and oxygen atoms in total. The standard InChI is InChI=1S/C22H21FN6O2/c1-3-28(11-8-17-13-21(31-27-17)19-6-5-16(23)14-24-19)22(30)18-12-15(2)4-7-20(18)29-25-9-10-26-29/h4-7,9-10,12-14H,3,8,11H2,1-2H3. The third kappa shape index (κ3) is 4.50. The fourth-order valence-corrected chi connectivity index (χ4v) is 3.23. The minimum Gasteiger partial charge on any atom is -0.354 e. The molecular formula is C22H21FN6O2. The molecule has 0 radical (unpaired) electrons. The number of carbonyl (C=O) groups excluding carboxylic acids is 1. The van der Waals surface area contributed by atoms with Gasteiger partial charge in [0.15, 0.2) is 5.76 Å². The van der Waals surface area contributed by atoms with Crippen molar-refractivity contribution in [2.75, 3.05) is 13.1 Å². The first-order chi connectivity index (χ1) is 15.0. The van der Waals surface area contributed by atoms with Gasteiger partial charge < -0.3 is 9.42 Å². The lowest BCUT2D eigenvalue weighted by Gasteiger charge is -2.22. The largest absolute Gasteiger partial charge is 0.354 e. The van der Waals surface area contributed by atoms with Crippen LogP contribution in [0.25, 0.3) is 17.1 Å². The monoisotopic (exact) mass is 420 g/mol. The van der Waals surface area contributed by atoms with Gasteiger partial charge in [-0.25, -0.2) is 9.37 Å². The van der Waals surface area contributed by atoms with Gasteiger partial charge in [-0.2, -0.15) is 15.0 Å². The molecule has 0 aliphatic rings. The Morgan fingerprint density at radius 2 is 1.97 bits per heavy atom. The quantitative estimate of drug-likeness (QED) is 0.455. The maximum atomic E-state index is 13.3. The number of benzene rings is 1. The molecule has 0 aliphatic carbocycles. The van der Waals surface area contributed by atoms with E-state index in [0.717, 1.165) is 11.8 Å². The number of nitrogens with zero attached hydrogens (tertiary/aromatic N) is 6. The number of aromatic nitrogens is 5. The summed E-state index contributed by atoms with van der Waals surface area (Å²) in [6, 6.07) is 10.2. The smallest absolute Gasteiger partial charge is 0.256 e. The van der Waals surface area contributed by atoms with Gasteiger partial charge in [-0.05, 0) is 38.1 Å². The Hall–Kier alpha value is -3.88. The molecular weight excluding hydrogens is 399 g/mol. The second kappa shape index (κ2) is 8.86. The van der Waals surface area contributed by atoms with Gasteiger partial charge in [0.25, 0.3) is 5.91 Å². The summed E-state index contributed by atoms with van der Waals surface area (Å²) in [7, 11) is 0. The number of halogens is 1. The number of aryl methyl sites for hydroxylation is 1. The van der Waals surface area contributed by atoms with Gasteiger partial charge in [-0.1, -0.05) is 16.8 Å². The van der Waals surface area contributed by atoms with Crippen LogP contribution in [0, 0.1) is 12.7 Å². The van der Waals surface area contributed by atoms with Crippen molar-refractivity contribution >= 4 is 5.91 Å². The SMILES string of the molecule is CCN(CCc1cc(-c2ccc(F)cn2)on1)C(=O)c1cc(C)ccc1-n1nccn1. The number of hydrogen-bond donors (Lipinski definition) is 0. The molecule has 1 aromatic carbocycles. The number of likely N-dealkylation sites (N-methyl/N-ethyl adjacent to an activating group) is 1. The summed E-state index contributed by atoms with van der Waals surface area (Å²) < 4.78 is 18.4. The minimum absolute atomic E-state index is 0.109. The molecule has 3 heterocycles. The first-order valence-electron chi connectivity index (χ1n) is 9.89. The van der Waals surface area contributed by atoms with Crippen LogP contribution in [-0.4, -0.2) is 49.0 Å². The van der Waals surface area contributed by atoms with Crippen LogP contribution < -0.4 is 0 Å². The van der Waals surface area contributed by atoms with Gasteiger partial charge >= 0.3 is 0 Å². The maximum Gasteiger partial charge on any atom is 0.256 e. The molecule has 0 unspecified atom stereocenters. The number of amides is 1. The van der Waals surface area contributed by atoms with E-state index in [9.17, 15) is 9.18 Å². The van der Waals surface area contributed by atoms with Gasteiger partial charge in [0.1, 0.15) is 11.5 Å². The molecule has 31 heavy (non-hydrogen) atoms. The number of rotatable bonds is 7. The van der Waals surface area contributed by atoms with Gasteiger partial charge in [0.2, 0.25) is 0 Å². The second-order valence-electron chi connectivity index (χ2n) is 7.02. The highest BCUT2D eigenvalue weighted by molar-refractivity contribution is 5.98. The fourth-order valence-electron chi connectivity index (χ4n) is 3.23. The Balaban J connectivity index is 1.50. The van der Waals surface area contributed by atoms with E-state index in [4.69, 9.17) is 4.52 Å². The summed E-state index contributed by atoms with van der Waals surface area (Å²) in [4.78, 5) is 20.5. The van der Waals surface area contributed by atoms with Crippen LogP contribution in [0.2, 0.25) is 0 Å². The molecule has 0 bridgehead atoms. The van der Waals surface area contributed by atoms with Gasteiger partial charge in [0, 0.05) is 25.6 Å². The van der Waals surface area contributed by atoms with E-state index >= 15 is 0 Å². The Labute approximate surface area is 178 Å². The van der Waals surface area contributed by atoms with E-state index in [0.29, 0.717) is 47.9 Å². The molecule has 0 spiro atoms. The van der Waals surface area contributed by atoms with Crippen molar-refractivity contribution in [2.45, 2.75) is 20.3 Å². The van der Waals surface area contributed by atoms with Crippen LogP contribution in [0.3, 0.4) is 0 Å². The van der Waals surface area contributed by atoms with Gasteiger partial charge in [0.05, 0.1) is 35.5 Å². The average Bonchev–Trinajstić information content (AvgIpc) is 3.47. The van der Waals surface area contributed by atoms with Crippen LogP contribution in [0.5, 0.6) is 0 Å². The van der Waals surface area contributed by atoms with Crippen LogP contribution in [0.4, 0.5) is 4.39 Å². The molecule has 4 aromatic rings. The Morgan fingerprint density at radius 3 is 2.68 bits per heavy atom. The highest BCUT2D eigenvalue weighted by atomic mass is 19.1. The lowest BCUT2D eigenvalue weighted by atomic mass is 10.1. The van der Waals surface area contributed by atoms with Crippen LogP contribution >= 0.6 is 0 Å². The zero-order chi connectivity index (χ0) is 21.8. The van der Waals surface area contributed by atoms with Gasteiger partial charge in [-0.15, -0.1) is 0 Å². The highest BCUT2D eigenvalue weighted by Gasteiger charge is 2.20. The molecule has 0 saturated heterocycles. The molecule has 0 aliphatic heterocycles. The normalized spacial score (nSPS) is 10.9.